The van der Waals surface area contributed by atoms with Crippen LogP contribution in [0.3, 0.4) is 0 Å². The summed E-state index contributed by atoms with van der Waals surface area (Å²) in [6.07, 6.45) is 0.625. The Kier molecular flexibility index (Phi) is 7.65. The van der Waals surface area contributed by atoms with Gasteiger partial charge in [0.15, 0.2) is 6.61 Å². The minimum absolute atomic E-state index is 0.0714. The first-order valence-corrected chi connectivity index (χ1v) is 12.0. The van der Waals surface area contributed by atoms with Crippen molar-refractivity contribution in [3.8, 4) is 5.75 Å². The topological polar surface area (TPSA) is 145 Å². The summed E-state index contributed by atoms with van der Waals surface area (Å²) in [6, 6.07) is 9.40. The van der Waals surface area contributed by atoms with Gasteiger partial charge in [0.2, 0.25) is 11.8 Å². The number of rotatable bonds is 7. The summed E-state index contributed by atoms with van der Waals surface area (Å²) in [6.45, 7) is -0.708. The number of hydrogen-bond acceptors (Lipinski definition) is 8. The van der Waals surface area contributed by atoms with Gasteiger partial charge in [-0.15, -0.1) is 23.2 Å². The van der Waals surface area contributed by atoms with Crippen molar-refractivity contribution in [1.82, 2.24) is 0 Å². The van der Waals surface area contributed by atoms with Gasteiger partial charge in [-0.1, -0.05) is 0 Å². The molecule has 1 heterocycles. The van der Waals surface area contributed by atoms with Crippen molar-refractivity contribution >= 4 is 64.0 Å². The Bertz CT molecular complexity index is 1240. The lowest BCUT2D eigenvalue weighted by Crippen LogP contribution is -2.34. The largest absolute Gasteiger partial charge is 0.497 e. The maximum Gasteiger partial charge on any atom is 0.338 e. The van der Waals surface area contributed by atoms with Crippen LogP contribution in [0.1, 0.15) is 23.2 Å². The zero-order chi connectivity index (χ0) is 26.9. The molecule has 0 bridgehead atoms. The van der Waals surface area contributed by atoms with Crippen molar-refractivity contribution in [1.29, 1.82) is 0 Å². The number of esters is 1. The predicted molar refractivity (Wildman–Crippen MR) is 133 cm³/mol. The molecule has 11 nitrogen and oxygen atoms in total. The Balaban J connectivity index is 1.38. The van der Waals surface area contributed by atoms with Gasteiger partial charge in [-0.2, -0.15) is 0 Å². The molecule has 37 heavy (non-hydrogen) atoms. The number of hydrogen-bond donors (Lipinski definition) is 1. The number of imide groups is 1. The Morgan fingerprint density at radius 3 is 2.19 bits per heavy atom. The van der Waals surface area contributed by atoms with E-state index in [1.165, 1.54) is 49.6 Å². The Hall–Kier alpha value is -3.70. The second-order valence-electron chi connectivity index (χ2n) is 8.54. The number of nitro benzene ring substituents is 1. The van der Waals surface area contributed by atoms with E-state index >= 15 is 0 Å². The summed E-state index contributed by atoms with van der Waals surface area (Å²) >= 11 is 12.4. The van der Waals surface area contributed by atoms with Gasteiger partial charge in [-0.25, -0.2) is 4.79 Å². The van der Waals surface area contributed by atoms with E-state index in [9.17, 15) is 29.3 Å². The molecule has 1 saturated heterocycles. The second-order valence-corrected chi connectivity index (χ2v) is 9.66. The number of carbonyl (C=O) groups excluding carboxylic acids is 4. The minimum Gasteiger partial charge on any atom is -0.497 e. The van der Waals surface area contributed by atoms with Crippen molar-refractivity contribution in [3.05, 3.63) is 58.1 Å². The quantitative estimate of drug-likeness (QED) is 0.181. The Morgan fingerprint density at radius 1 is 1.05 bits per heavy atom. The van der Waals surface area contributed by atoms with E-state index in [-0.39, 0.29) is 34.5 Å². The number of fused-ring (bicyclic) bond motifs is 1. The molecule has 1 aliphatic heterocycles. The van der Waals surface area contributed by atoms with Gasteiger partial charge < -0.3 is 14.8 Å². The number of methoxy groups -OCH3 is 1. The fraction of sp³-hybridized carbons (Fsp3) is 0.333. The van der Waals surface area contributed by atoms with Crippen LogP contribution in [0, 0.1) is 22.0 Å². The van der Waals surface area contributed by atoms with E-state index in [1.54, 1.807) is 0 Å². The SMILES string of the molecule is COc1ccc([N+](=O)[O-])c(NC(=O)COC(=O)c2ccc(N3C(=O)[C@H]4C[C@H](Cl)[C@@H](Cl)C[C@H]4C3=O)cc2)c1. The highest BCUT2D eigenvalue weighted by atomic mass is 35.5. The molecular formula is C24H21Cl2N3O8. The van der Waals surface area contributed by atoms with Crippen molar-refractivity contribution in [3.63, 3.8) is 0 Å². The molecule has 0 radical (unpaired) electrons. The van der Waals surface area contributed by atoms with Crippen LogP contribution in [0.5, 0.6) is 5.75 Å². The summed E-state index contributed by atoms with van der Waals surface area (Å²) in [5.41, 5.74) is -0.107. The maximum atomic E-state index is 12.9. The van der Waals surface area contributed by atoms with Crippen molar-refractivity contribution in [2.75, 3.05) is 23.9 Å². The average molecular weight is 550 g/mol. The van der Waals surface area contributed by atoms with E-state index in [2.05, 4.69) is 5.32 Å². The number of carbonyl (C=O) groups is 4. The molecule has 4 atom stereocenters. The van der Waals surface area contributed by atoms with Crippen LogP contribution in [0.4, 0.5) is 17.1 Å². The van der Waals surface area contributed by atoms with Crippen molar-refractivity contribution in [2.24, 2.45) is 11.8 Å². The summed E-state index contributed by atoms with van der Waals surface area (Å²) < 4.78 is 10.0. The summed E-state index contributed by atoms with van der Waals surface area (Å²) in [7, 11) is 1.37. The van der Waals surface area contributed by atoms with Crippen LogP contribution in [0.15, 0.2) is 42.5 Å². The number of ether oxygens (including phenoxy) is 2. The van der Waals surface area contributed by atoms with Crippen molar-refractivity contribution in [2.45, 2.75) is 23.6 Å². The van der Waals surface area contributed by atoms with Gasteiger partial charge in [-0.05, 0) is 43.2 Å². The van der Waals surface area contributed by atoms with Crippen molar-refractivity contribution < 1.29 is 33.6 Å². The van der Waals surface area contributed by atoms with Gasteiger partial charge in [-0.3, -0.25) is 29.4 Å². The molecule has 0 unspecified atom stereocenters. The highest BCUT2D eigenvalue weighted by Gasteiger charge is 2.52. The molecule has 13 heteroatoms. The molecular weight excluding hydrogens is 529 g/mol. The second kappa shape index (κ2) is 10.7. The molecule has 0 spiro atoms. The molecule has 194 valence electrons. The number of benzene rings is 2. The van der Waals surface area contributed by atoms with E-state index in [0.29, 0.717) is 18.5 Å². The monoisotopic (exact) mass is 549 g/mol. The number of nitrogens with zero attached hydrogens (tertiary/aromatic N) is 2. The summed E-state index contributed by atoms with van der Waals surface area (Å²) in [5, 5.41) is 12.7. The molecule has 2 fully saturated rings. The van der Waals surface area contributed by atoms with Gasteiger partial charge in [0, 0.05) is 12.1 Å². The first-order valence-electron chi connectivity index (χ1n) is 11.2. The number of halogens is 2. The van der Waals surface area contributed by atoms with Crippen LogP contribution in [-0.4, -0.2) is 53.1 Å². The van der Waals surface area contributed by atoms with Gasteiger partial charge in [0.25, 0.3) is 11.6 Å². The zero-order valence-electron chi connectivity index (χ0n) is 19.4. The average Bonchev–Trinajstić information content (AvgIpc) is 3.11. The Labute approximate surface area is 220 Å². The van der Waals surface area contributed by atoms with Crippen LogP contribution >= 0.6 is 23.2 Å². The highest BCUT2D eigenvalue weighted by Crippen LogP contribution is 2.43. The number of amides is 3. The number of nitrogens with one attached hydrogen (secondary N) is 1. The third kappa shape index (κ3) is 5.37. The van der Waals surface area contributed by atoms with E-state index in [1.807, 2.05) is 0 Å². The lowest BCUT2D eigenvalue weighted by molar-refractivity contribution is -0.383. The lowest BCUT2D eigenvalue weighted by Gasteiger charge is -2.28. The summed E-state index contributed by atoms with van der Waals surface area (Å²) in [4.78, 5) is 62.0. The third-order valence-corrected chi connectivity index (χ3v) is 7.38. The molecule has 2 aromatic rings. The first-order chi connectivity index (χ1) is 17.6. The highest BCUT2D eigenvalue weighted by molar-refractivity contribution is 6.31. The fourth-order valence-corrected chi connectivity index (χ4v) is 4.99. The molecule has 2 aliphatic rings. The Morgan fingerprint density at radius 2 is 1.65 bits per heavy atom. The number of alkyl halides is 2. The normalized spacial score (nSPS) is 22.8. The molecule has 2 aromatic carbocycles. The van der Waals surface area contributed by atoms with E-state index in [0.717, 1.165) is 4.90 Å². The van der Waals surface area contributed by atoms with E-state index in [4.69, 9.17) is 32.7 Å². The van der Waals surface area contributed by atoms with Gasteiger partial charge >= 0.3 is 5.97 Å². The van der Waals surface area contributed by atoms with E-state index < -0.39 is 46.0 Å². The number of anilines is 2. The molecule has 1 N–H and O–H groups in total. The van der Waals surface area contributed by atoms with Gasteiger partial charge in [0.05, 0.1) is 45.9 Å². The molecule has 1 saturated carbocycles. The predicted octanol–water partition coefficient (Wildman–Crippen LogP) is 3.51. The van der Waals surface area contributed by atoms with Crippen LogP contribution in [-0.2, 0) is 19.1 Å². The molecule has 4 rings (SSSR count). The third-order valence-electron chi connectivity index (χ3n) is 6.28. The molecule has 0 aromatic heterocycles. The molecule has 1 aliphatic carbocycles. The van der Waals surface area contributed by atoms with Crippen LogP contribution < -0.4 is 15.0 Å². The summed E-state index contributed by atoms with van der Waals surface area (Å²) in [5.74, 6) is -3.14. The standard InChI is InChI=1S/C24H21Cl2N3O8/c1-36-14-6-7-20(29(34)35)19(8-14)27-21(30)11-37-24(33)12-2-4-13(5-3-12)28-22(31)15-9-17(25)18(26)10-16(15)23(28)32/h2-8,15-18H,9-11H2,1H3,(H,27,30)/t15-,16+,17-,18-/m0/s1. The first kappa shape index (κ1) is 26.4. The number of nitro groups is 1. The minimum atomic E-state index is -0.843. The van der Waals surface area contributed by atoms with Crippen LogP contribution in [0.2, 0.25) is 0 Å². The maximum absolute atomic E-state index is 12.9. The lowest BCUT2D eigenvalue weighted by atomic mass is 9.80. The smallest absolute Gasteiger partial charge is 0.338 e. The fourth-order valence-electron chi connectivity index (χ4n) is 4.40. The van der Waals surface area contributed by atoms with Crippen LogP contribution in [0.25, 0.3) is 0 Å². The zero-order valence-corrected chi connectivity index (χ0v) is 20.9. The van der Waals surface area contributed by atoms with Gasteiger partial charge in [0.1, 0.15) is 11.4 Å². The molecule has 3 amide bonds.